The number of benzene rings is 2. The molecule has 0 unspecified atom stereocenters. The second-order valence-corrected chi connectivity index (χ2v) is 5.92. The van der Waals surface area contributed by atoms with Gasteiger partial charge in [-0.3, -0.25) is 4.79 Å². The van der Waals surface area contributed by atoms with Crippen molar-refractivity contribution in [2.75, 3.05) is 28.1 Å². The third-order valence-electron chi connectivity index (χ3n) is 4.59. The molecular formula is C19H18O7. The SMILES string of the molecule is COc1cc(OC)c([C@H]2CC(=O)Oc3cc4c(cc32)OCO4)cc1OC. The molecule has 2 aliphatic rings. The average Bonchev–Trinajstić information content (AvgIpc) is 3.11. The van der Waals surface area contributed by atoms with Crippen LogP contribution in [0.15, 0.2) is 24.3 Å². The number of fused-ring (bicyclic) bond motifs is 2. The molecule has 0 saturated carbocycles. The van der Waals surface area contributed by atoms with E-state index in [4.69, 9.17) is 28.4 Å². The number of hydrogen-bond donors (Lipinski definition) is 0. The van der Waals surface area contributed by atoms with Crippen molar-refractivity contribution < 1.29 is 33.2 Å². The van der Waals surface area contributed by atoms with Crippen molar-refractivity contribution >= 4 is 5.97 Å². The Morgan fingerprint density at radius 3 is 2.15 bits per heavy atom. The summed E-state index contributed by atoms with van der Waals surface area (Å²) in [7, 11) is 4.70. The first-order valence-electron chi connectivity index (χ1n) is 8.08. The standard InChI is InChI=1S/C19H18O7/c1-21-13-7-16(23-3)15(22-2)4-11(13)10-6-19(20)26-14-8-18-17(5-12(10)14)24-9-25-18/h4-5,7-8,10H,6,9H2,1-3H3/t10-/m1/s1. The summed E-state index contributed by atoms with van der Waals surface area (Å²) >= 11 is 0. The van der Waals surface area contributed by atoms with Crippen LogP contribution in [0.4, 0.5) is 0 Å². The molecule has 7 heteroatoms. The molecule has 4 rings (SSSR count). The van der Waals surface area contributed by atoms with Crippen molar-refractivity contribution in [3.8, 4) is 34.5 Å². The molecule has 0 bridgehead atoms. The number of hydrogen-bond acceptors (Lipinski definition) is 7. The van der Waals surface area contributed by atoms with Crippen molar-refractivity contribution in [3.63, 3.8) is 0 Å². The third kappa shape index (κ3) is 2.56. The van der Waals surface area contributed by atoms with Crippen LogP contribution >= 0.6 is 0 Å². The van der Waals surface area contributed by atoms with Gasteiger partial charge in [-0.15, -0.1) is 0 Å². The predicted molar refractivity (Wildman–Crippen MR) is 90.8 cm³/mol. The van der Waals surface area contributed by atoms with Gasteiger partial charge >= 0.3 is 5.97 Å². The molecule has 0 spiro atoms. The van der Waals surface area contributed by atoms with E-state index in [1.807, 2.05) is 12.1 Å². The summed E-state index contributed by atoms with van der Waals surface area (Å²) in [6.07, 6.45) is 0.179. The van der Waals surface area contributed by atoms with Gasteiger partial charge in [-0.2, -0.15) is 0 Å². The molecule has 2 aliphatic heterocycles. The molecule has 7 nitrogen and oxygen atoms in total. The van der Waals surface area contributed by atoms with E-state index in [0.29, 0.717) is 34.5 Å². The van der Waals surface area contributed by atoms with Crippen molar-refractivity contribution in [1.29, 1.82) is 0 Å². The second-order valence-electron chi connectivity index (χ2n) is 5.92. The maximum atomic E-state index is 12.2. The Kier molecular flexibility index (Phi) is 3.99. The molecule has 0 N–H and O–H groups in total. The van der Waals surface area contributed by atoms with E-state index in [0.717, 1.165) is 11.1 Å². The van der Waals surface area contributed by atoms with E-state index in [1.54, 1.807) is 33.5 Å². The van der Waals surface area contributed by atoms with Gasteiger partial charge in [0.05, 0.1) is 27.8 Å². The van der Waals surface area contributed by atoms with Gasteiger partial charge in [-0.1, -0.05) is 0 Å². The van der Waals surface area contributed by atoms with Crippen LogP contribution in [0.25, 0.3) is 0 Å². The van der Waals surface area contributed by atoms with Gasteiger partial charge in [0.15, 0.2) is 23.0 Å². The molecule has 136 valence electrons. The molecule has 0 aromatic heterocycles. The number of ether oxygens (including phenoxy) is 6. The minimum absolute atomic E-state index is 0.149. The van der Waals surface area contributed by atoms with Crippen LogP contribution in [0.3, 0.4) is 0 Å². The Bertz CT molecular complexity index is 875. The molecular weight excluding hydrogens is 340 g/mol. The first-order valence-corrected chi connectivity index (χ1v) is 8.08. The van der Waals surface area contributed by atoms with Crippen LogP contribution in [0.1, 0.15) is 23.5 Å². The Morgan fingerprint density at radius 1 is 0.808 bits per heavy atom. The summed E-state index contributed by atoms with van der Waals surface area (Å²) < 4.78 is 32.6. The molecule has 2 aromatic carbocycles. The second kappa shape index (κ2) is 6.33. The fourth-order valence-electron chi connectivity index (χ4n) is 3.34. The number of esters is 1. The minimum Gasteiger partial charge on any atom is -0.496 e. The Hall–Kier alpha value is -3.09. The van der Waals surface area contributed by atoms with Gasteiger partial charge < -0.3 is 28.4 Å². The summed E-state index contributed by atoms with van der Waals surface area (Å²) in [6.45, 7) is 0.149. The number of carbonyl (C=O) groups excluding carboxylic acids is 1. The van der Waals surface area contributed by atoms with Crippen LogP contribution in [0.2, 0.25) is 0 Å². The largest absolute Gasteiger partial charge is 0.496 e. The fourth-order valence-corrected chi connectivity index (χ4v) is 3.34. The molecule has 0 fully saturated rings. The first kappa shape index (κ1) is 16.4. The smallest absolute Gasteiger partial charge is 0.312 e. The topological polar surface area (TPSA) is 72.5 Å². The van der Waals surface area contributed by atoms with Gasteiger partial charge in [-0.25, -0.2) is 0 Å². The van der Waals surface area contributed by atoms with Crippen molar-refractivity contribution in [1.82, 2.24) is 0 Å². The molecule has 0 radical (unpaired) electrons. The summed E-state index contributed by atoms with van der Waals surface area (Å²) in [5.74, 6) is 2.79. The predicted octanol–water partition coefficient (Wildman–Crippen LogP) is 2.88. The van der Waals surface area contributed by atoms with Gasteiger partial charge in [-0.05, 0) is 12.1 Å². The monoisotopic (exact) mass is 358 g/mol. The summed E-state index contributed by atoms with van der Waals surface area (Å²) in [4.78, 5) is 12.2. The lowest BCUT2D eigenvalue weighted by Crippen LogP contribution is -2.21. The number of rotatable bonds is 4. The summed E-state index contributed by atoms with van der Waals surface area (Å²) in [5.41, 5.74) is 1.64. The van der Waals surface area contributed by atoms with E-state index in [2.05, 4.69) is 0 Å². The van der Waals surface area contributed by atoms with Crippen molar-refractivity contribution in [2.45, 2.75) is 12.3 Å². The van der Waals surface area contributed by atoms with Gasteiger partial charge in [0, 0.05) is 29.2 Å². The van der Waals surface area contributed by atoms with E-state index >= 15 is 0 Å². The zero-order valence-corrected chi connectivity index (χ0v) is 14.7. The zero-order chi connectivity index (χ0) is 18.3. The molecule has 0 aliphatic carbocycles. The van der Waals surface area contributed by atoms with E-state index in [9.17, 15) is 4.79 Å². The van der Waals surface area contributed by atoms with Gasteiger partial charge in [0.25, 0.3) is 0 Å². The molecule has 1 atom stereocenters. The van der Waals surface area contributed by atoms with Gasteiger partial charge in [0.1, 0.15) is 11.5 Å². The molecule has 0 amide bonds. The molecule has 26 heavy (non-hydrogen) atoms. The van der Waals surface area contributed by atoms with Gasteiger partial charge in [0.2, 0.25) is 6.79 Å². The molecule has 0 saturated heterocycles. The van der Waals surface area contributed by atoms with Crippen LogP contribution in [-0.4, -0.2) is 34.1 Å². The highest BCUT2D eigenvalue weighted by molar-refractivity contribution is 5.79. The highest BCUT2D eigenvalue weighted by atomic mass is 16.7. The Balaban J connectivity index is 1.88. The van der Waals surface area contributed by atoms with E-state index in [-0.39, 0.29) is 25.1 Å². The lowest BCUT2D eigenvalue weighted by atomic mass is 9.85. The summed E-state index contributed by atoms with van der Waals surface area (Å²) in [5, 5.41) is 0. The van der Waals surface area contributed by atoms with Crippen LogP contribution in [-0.2, 0) is 4.79 Å². The van der Waals surface area contributed by atoms with Crippen LogP contribution < -0.4 is 28.4 Å². The fraction of sp³-hybridized carbons (Fsp3) is 0.316. The maximum absolute atomic E-state index is 12.2. The number of methoxy groups -OCH3 is 3. The normalized spacial score (nSPS) is 17.3. The minimum atomic E-state index is -0.321. The van der Waals surface area contributed by atoms with Crippen molar-refractivity contribution in [3.05, 3.63) is 35.4 Å². The molecule has 2 heterocycles. The number of carbonyl (C=O) groups is 1. The van der Waals surface area contributed by atoms with E-state index in [1.165, 1.54) is 0 Å². The first-order chi connectivity index (χ1) is 12.6. The van der Waals surface area contributed by atoms with E-state index < -0.39 is 0 Å². The van der Waals surface area contributed by atoms with Crippen LogP contribution in [0.5, 0.6) is 34.5 Å². The van der Waals surface area contributed by atoms with Crippen LogP contribution in [0, 0.1) is 0 Å². The third-order valence-corrected chi connectivity index (χ3v) is 4.59. The molecule has 2 aromatic rings. The summed E-state index contributed by atoms with van der Waals surface area (Å²) in [6, 6.07) is 7.12. The average molecular weight is 358 g/mol. The lowest BCUT2D eigenvalue weighted by molar-refractivity contribution is -0.135. The lowest BCUT2D eigenvalue weighted by Gasteiger charge is -2.27. The Labute approximate surface area is 150 Å². The highest BCUT2D eigenvalue weighted by Gasteiger charge is 2.33. The highest BCUT2D eigenvalue weighted by Crippen LogP contribution is 2.49. The van der Waals surface area contributed by atoms with Crippen molar-refractivity contribution in [2.24, 2.45) is 0 Å². The maximum Gasteiger partial charge on any atom is 0.312 e. The Morgan fingerprint density at radius 2 is 1.46 bits per heavy atom. The quantitative estimate of drug-likeness (QED) is 0.615. The zero-order valence-electron chi connectivity index (χ0n) is 14.7.